The summed E-state index contributed by atoms with van der Waals surface area (Å²) in [6, 6.07) is 5.32. The molecule has 1 aromatic carbocycles. The van der Waals surface area contributed by atoms with Crippen molar-refractivity contribution in [3.8, 4) is 0 Å². The fourth-order valence-corrected chi connectivity index (χ4v) is 3.18. The summed E-state index contributed by atoms with van der Waals surface area (Å²) in [5, 5.41) is 5.66. The van der Waals surface area contributed by atoms with Gasteiger partial charge in [0.2, 0.25) is 5.91 Å². The number of nitrogens with one attached hydrogen (secondary N) is 2. The van der Waals surface area contributed by atoms with Crippen LogP contribution < -0.4 is 10.6 Å². The Balaban J connectivity index is 1.49. The van der Waals surface area contributed by atoms with Gasteiger partial charge in [-0.2, -0.15) is 0 Å². The molecule has 27 heavy (non-hydrogen) atoms. The highest BCUT2D eigenvalue weighted by Gasteiger charge is 2.27. The Bertz CT molecular complexity index is 749. The van der Waals surface area contributed by atoms with Crippen LogP contribution in [0.1, 0.15) is 36.7 Å². The standard InChI is InChI=1S/C19H26N4O4/c1-19(2,3)27-18(26)23-9-7-22(8-10-23)12-16(24)21-15-6-4-5-13-14(15)11-20-17(13)25/h4-6H,7-12H2,1-3H3,(H,20,25)(H,21,24). The average molecular weight is 374 g/mol. The number of hydrogen-bond donors (Lipinski definition) is 2. The predicted molar refractivity (Wildman–Crippen MR) is 100 cm³/mol. The van der Waals surface area contributed by atoms with Crippen LogP contribution in [0, 0.1) is 0 Å². The first-order chi connectivity index (χ1) is 12.7. The lowest BCUT2D eigenvalue weighted by atomic mass is 10.1. The molecule has 0 bridgehead atoms. The summed E-state index contributed by atoms with van der Waals surface area (Å²) in [5.41, 5.74) is 1.59. The monoisotopic (exact) mass is 374 g/mol. The SMILES string of the molecule is CC(C)(C)OC(=O)N1CCN(CC(=O)Nc2cccc3c2CNC3=O)CC1. The van der Waals surface area contributed by atoms with E-state index in [1.54, 1.807) is 23.1 Å². The third-order valence-electron chi connectivity index (χ3n) is 4.51. The summed E-state index contributed by atoms with van der Waals surface area (Å²) in [6.07, 6.45) is -0.316. The molecule has 146 valence electrons. The number of carbonyl (C=O) groups excluding carboxylic acids is 3. The van der Waals surface area contributed by atoms with Crippen LogP contribution in [-0.2, 0) is 16.1 Å². The molecule has 0 spiro atoms. The minimum absolute atomic E-state index is 0.112. The number of fused-ring (bicyclic) bond motifs is 1. The van der Waals surface area contributed by atoms with E-state index < -0.39 is 5.60 Å². The van der Waals surface area contributed by atoms with E-state index in [0.29, 0.717) is 44.0 Å². The second-order valence-corrected chi connectivity index (χ2v) is 7.81. The van der Waals surface area contributed by atoms with Crippen LogP contribution in [0.15, 0.2) is 18.2 Å². The van der Waals surface area contributed by atoms with Crippen LogP contribution in [0.25, 0.3) is 0 Å². The van der Waals surface area contributed by atoms with Crippen molar-refractivity contribution in [1.29, 1.82) is 0 Å². The number of amides is 3. The highest BCUT2D eigenvalue weighted by atomic mass is 16.6. The second kappa shape index (κ2) is 7.56. The Morgan fingerprint density at radius 3 is 2.56 bits per heavy atom. The molecule has 3 amide bonds. The van der Waals surface area contributed by atoms with Crippen LogP contribution in [0.4, 0.5) is 10.5 Å². The normalized spacial score (nSPS) is 17.3. The Labute approximate surface area is 158 Å². The minimum atomic E-state index is -0.514. The van der Waals surface area contributed by atoms with E-state index in [1.165, 1.54) is 0 Å². The molecule has 0 radical (unpaired) electrons. The quantitative estimate of drug-likeness (QED) is 0.835. The summed E-state index contributed by atoms with van der Waals surface area (Å²) >= 11 is 0. The number of piperazine rings is 1. The largest absolute Gasteiger partial charge is 0.444 e. The molecule has 2 heterocycles. The van der Waals surface area contributed by atoms with Crippen molar-refractivity contribution < 1.29 is 19.1 Å². The molecule has 0 aliphatic carbocycles. The number of benzene rings is 1. The zero-order valence-electron chi connectivity index (χ0n) is 16.0. The predicted octanol–water partition coefficient (Wildman–Crippen LogP) is 1.42. The van der Waals surface area contributed by atoms with E-state index >= 15 is 0 Å². The van der Waals surface area contributed by atoms with Gasteiger partial charge >= 0.3 is 6.09 Å². The van der Waals surface area contributed by atoms with Gasteiger partial charge in [-0.25, -0.2) is 4.79 Å². The number of anilines is 1. The molecule has 0 saturated carbocycles. The van der Waals surface area contributed by atoms with Crippen LogP contribution in [0.5, 0.6) is 0 Å². The Hall–Kier alpha value is -2.61. The van der Waals surface area contributed by atoms with Gasteiger partial charge in [0.1, 0.15) is 5.60 Å². The lowest BCUT2D eigenvalue weighted by Crippen LogP contribution is -2.51. The number of hydrogen-bond acceptors (Lipinski definition) is 5. The molecule has 3 rings (SSSR count). The first-order valence-corrected chi connectivity index (χ1v) is 9.13. The highest BCUT2D eigenvalue weighted by molar-refractivity contribution is 6.02. The lowest BCUT2D eigenvalue weighted by Gasteiger charge is -2.35. The van der Waals surface area contributed by atoms with Gasteiger partial charge < -0.3 is 20.3 Å². The molecule has 2 aliphatic heterocycles. The first-order valence-electron chi connectivity index (χ1n) is 9.13. The van der Waals surface area contributed by atoms with E-state index in [2.05, 4.69) is 10.6 Å². The van der Waals surface area contributed by atoms with Gasteiger partial charge in [-0.1, -0.05) is 6.07 Å². The maximum atomic E-state index is 12.4. The van der Waals surface area contributed by atoms with Gasteiger partial charge in [0.05, 0.1) is 6.54 Å². The molecular formula is C19H26N4O4. The van der Waals surface area contributed by atoms with Crippen molar-refractivity contribution in [3.63, 3.8) is 0 Å². The van der Waals surface area contributed by atoms with Crippen LogP contribution >= 0.6 is 0 Å². The van der Waals surface area contributed by atoms with Crippen molar-refractivity contribution in [1.82, 2.24) is 15.1 Å². The zero-order valence-corrected chi connectivity index (χ0v) is 16.0. The molecule has 8 heteroatoms. The molecule has 0 atom stereocenters. The van der Waals surface area contributed by atoms with E-state index in [4.69, 9.17) is 4.74 Å². The third kappa shape index (κ3) is 4.77. The van der Waals surface area contributed by atoms with E-state index in [1.807, 2.05) is 25.7 Å². The van der Waals surface area contributed by atoms with Crippen LogP contribution in [-0.4, -0.2) is 66.0 Å². The molecular weight excluding hydrogens is 348 g/mol. The zero-order chi connectivity index (χ0) is 19.6. The van der Waals surface area contributed by atoms with E-state index in [0.717, 1.165) is 5.56 Å². The second-order valence-electron chi connectivity index (χ2n) is 7.81. The molecule has 2 aliphatic rings. The number of nitrogens with zero attached hydrogens (tertiary/aromatic N) is 2. The van der Waals surface area contributed by atoms with Crippen molar-refractivity contribution in [2.45, 2.75) is 32.9 Å². The molecule has 2 N–H and O–H groups in total. The summed E-state index contributed by atoms with van der Waals surface area (Å²) < 4.78 is 5.38. The Kier molecular flexibility index (Phi) is 5.36. The topological polar surface area (TPSA) is 91.0 Å². The molecule has 0 unspecified atom stereocenters. The summed E-state index contributed by atoms with van der Waals surface area (Å²) in [4.78, 5) is 39.9. The van der Waals surface area contributed by atoms with Crippen molar-refractivity contribution in [3.05, 3.63) is 29.3 Å². The Morgan fingerprint density at radius 1 is 1.19 bits per heavy atom. The van der Waals surface area contributed by atoms with Crippen molar-refractivity contribution in [2.75, 3.05) is 38.0 Å². The first kappa shape index (κ1) is 19.2. The molecule has 1 saturated heterocycles. The maximum Gasteiger partial charge on any atom is 0.410 e. The third-order valence-corrected chi connectivity index (χ3v) is 4.51. The van der Waals surface area contributed by atoms with Gasteiger partial charge in [-0.3, -0.25) is 14.5 Å². The molecule has 8 nitrogen and oxygen atoms in total. The summed E-state index contributed by atoms with van der Waals surface area (Å²) in [5.74, 6) is -0.243. The highest BCUT2D eigenvalue weighted by Crippen LogP contribution is 2.24. The summed E-state index contributed by atoms with van der Waals surface area (Å²) in [7, 11) is 0. The van der Waals surface area contributed by atoms with Gasteiger partial charge in [-0.15, -0.1) is 0 Å². The van der Waals surface area contributed by atoms with Gasteiger partial charge in [0, 0.05) is 49.5 Å². The minimum Gasteiger partial charge on any atom is -0.444 e. The Morgan fingerprint density at radius 2 is 1.89 bits per heavy atom. The lowest BCUT2D eigenvalue weighted by molar-refractivity contribution is -0.117. The number of rotatable bonds is 3. The number of carbonyl (C=O) groups is 3. The fraction of sp³-hybridized carbons (Fsp3) is 0.526. The average Bonchev–Trinajstić information content (AvgIpc) is 2.96. The maximum absolute atomic E-state index is 12.4. The van der Waals surface area contributed by atoms with Crippen LogP contribution in [0.3, 0.4) is 0 Å². The summed E-state index contributed by atoms with van der Waals surface area (Å²) in [6.45, 7) is 8.48. The molecule has 1 aromatic rings. The van der Waals surface area contributed by atoms with Crippen molar-refractivity contribution in [2.24, 2.45) is 0 Å². The molecule has 0 aromatic heterocycles. The van der Waals surface area contributed by atoms with E-state index in [-0.39, 0.29) is 24.5 Å². The number of ether oxygens (including phenoxy) is 1. The van der Waals surface area contributed by atoms with Gasteiger partial charge in [-0.05, 0) is 32.9 Å². The molecule has 1 fully saturated rings. The van der Waals surface area contributed by atoms with Crippen molar-refractivity contribution >= 4 is 23.6 Å². The van der Waals surface area contributed by atoms with Crippen LogP contribution in [0.2, 0.25) is 0 Å². The van der Waals surface area contributed by atoms with Gasteiger partial charge in [0.15, 0.2) is 0 Å². The fourth-order valence-electron chi connectivity index (χ4n) is 3.18. The van der Waals surface area contributed by atoms with E-state index in [9.17, 15) is 14.4 Å². The van der Waals surface area contributed by atoms with Gasteiger partial charge in [0.25, 0.3) is 5.91 Å². The smallest absolute Gasteiger partial charge is 0.410 e.